The Kier molecular flexibility index (Phi) is 3.33. The van der Waals surface area contributed by atoms with Crippen molar-refractivity contribution in [3.8, 4) is 11.5 Å². The van der Waals surface area contributed by atoms with E-state index in [4.69, 9.17) is 14.2 Å². The SMILES string of the molecule is CC(OC(=O)CBr)c1ccc2c(c1)OCO2. The summed E-state index contributed by atoms with van der Waals surface area (Å²) in [5.74, 6) is 1.13. The molecule has 2 rings (SSSR count). The molecule has 5 heteroatoms. The largest absolute Gasteiger partial charge is 0.457 e. The van der Waals surface area contributed by atoms with E-state index in [-0.39, 0.29) is 24.2 Å². The second-order valence-corrected chi connectivity index (χ2v) is 3.94. The zero-order chi connectivity index (χ0) is 11.5. The van der Waals surface area contributed by atoms with E-state index in [9.17, 15) is 4.79 Å². The minimum atomic E-state index is -0.292. The number of rotatable bonds is 3. The Morgan fingerprint density at radius 3 is 3.00 bits per heavy atom. The topological polar surface area (TPSA) is 44.8 Å². The lowest BCUT2D eigenvalue weighted by Gasteiger charge is -2.13. The van der Waals surface area contributed by atoms with Crippen LogP contribution >= 0.6 is 15.9 Å². The molecule has 86 valence electrons. The standard InChI is InChI=1S/C11H11BrO4/c1-7(16-11(13)5-12)8-2-3-9-10(4-8)15-6-14-9/h2-4,7H,5-6H2,1H3. The van der Waals surface area contributed by atoms with Crippen molar-refractivity contribution in [2.45, 2.75) is 13.0 Å². The molecule has 0 N–H and O–H groups in total. The first-order chi connectivity index (χ1) is 7.70. The fourth-order valence-corrected chi connectivity index (χ4v) is 1.59. The number of carbonyl (C=O) groups is 1. The van der Waals surface area contributed by atoms with Gasteiger partial charge in [0.15, 0.2) is 11.5 Å². The lowest BCUT2D eigenvalue weighted by atomic mass is 10.1. The highest BCUT2D eigenvalue weighted by Gasteiger charge is 2.17. The number of hydrogen-bond acceptors (Lipinski definition) is 4. The van der Waals surface area contributed by atoms with Crippen LogP contribution in [0.25, 0.3) is 0 Å². The molecule has 0 bridgehead atoms. The fraction of sp³-hybridized carbons (Fsp3) is 0.364. The van der Waals surface area contributed by atoms with Crippen LogP contribution in [-0.2, 0) is 9.53 Å². The number of alkyl halides is 1. The van der Waals surface area contributed by atoms with Crippen LogP contribution in [0.3, 0.4) is 0 Å². The molecule has 1 aliphatic heterocycles. The van der Waals surface area contributed by atoms with E-state index in [1.54, 1.807) is 0 Å². The van der Waals surface area contributed by atoms with E-state index in [1.807, 2.05) is 25.1 Å². The maximum absolute atomic E-state index is 11.1. The molecule has 0 amide bonds. The number of halogens is 1. The second-order valence-electron chi connectivity index (χ2n) is 3.38. The Hall–Kier alpha value is -1.23. The molecule has 0 aromatic heterocycles. The molecular weight excluding hydrogens is 276 g/mol. The minimum absolute atomic E-state index is 0.196. The highest BCUT2D eigenvalue weighted by Crippen LogP contribution is 2.34. The Balaban J connectivity index is 2.12. The average Bonchev–Trinajstić information content (AvgIpc) is 2.75. The first-order valence-electron chi connectivity index (χ1n) is 4.85. The Labute approximate surface area is 102 Å². The van der Waals surface area contributed by atoms with Gasteiger partial charge in [-0.3, -0.25) is 4.79 Å². The molecule has 4 nitrogen and oxygen atoms in total. The fourth-order valence-electron chi connectivity index (χ4n) is 1.46. The molecule has 1 heterocycles. The lowest BCUT2D eigenvalue weighted by Crippen LogP contribution is -2.09. The molecule has 0 fully saturated rings. The van der Waals surface area contributed by atoms with E-state index in [0.29, 0.717) is 5.75 Å². The highest BCUT2D eigenvalue weighted by molar-refractivity contribution is 9.09. The van der Waals surface area contributed by atoms with Gasteiger partial charge in [-0.25, -0.2) is 0 Å². The Morgan fingerprint density at radius 1 is 1.50 bits per heavy atom. The summed E-state index contributed by atoms with van der Waals surface area (Å²) >= 11 is 3.05. The maximum Gasteiger partial charge on any atom is 0.317 e. The minimum Gasteiger partial charge on any atom is -0.457 e. The Bertz CT molecular complexity index is 405. The van der Waals surface area contributed by atoms with Gasteiger partial charge in [-0.15, -0.1) is 0 Å². The smallest absolute Gasteiger partial charge is 0.317 e. The molecule has 16 heavy (non-hydrogen) atoms. The first-order valence-corrected chi connectivity index (χ1v) is 5.98. The van der Waals surface area contributed by atoms with Crippen molar-refractivity contribution in [2.24, 2.45) is 0 Å². The highest BCUT2D eigenvalue weighted by atomic mass is 79.9. The van der Waals surface area contributed by atoms with Gasteiger partial charge in [0.2, 0.25) is 6.79 Å². The van der Waals surface area contributed by atoms with Crippen LogP contribution in [0.4, 0.5) is 0 Å². The van der Waals surface area contributed by atoms with Gasteiger partial charge < -0.3 is 14.2 Å². The van der Waals surface area contributed by atoms with Crippen molar-refractivity contribution < 1.29 is 19.0 Å². The summed E-state index contributed by atoms with van der Waals surface area (Å²) in [5.41, 5.74) is 0.888. The van der Waals surface area contributed by atoms with Gasteiger partial charge in [0.1, 0.15) is 11.4 Å². The average molecular weight is 287 g/mol. The molecule has 1 aromatic rings. The molecular formula is C11H11BrO4. The summed E-state index contributed by atoms with van der Waals surface area (Å²) in [6, 6.07) is 5.50. The molecule has 1 aromatic carbocycles. The van der Waals surface area contributed by atoms with Crippen molar-refractivity contribution in [3.63, 3.8) is 0 Å². The van der Waals surface area contributed by atoms with Gasteiger partial charge in [0.25, 0.3) is 0 Å². The van der Waals surface area contributed by atoms with E-state index < -0.39 is 0 Å². The molecule has 1 aliphatic rings. The summed E-state index contributed by atoms with van der Waals surface area (Å²) in [5, 5.41) is 0.196. The number of ether oxygens (including phenoxy) is 3. The summed E-state index contributed by atoms with van der Waals surface area (Å²) in [6.45, 7) is 2.06. The van der Waals surface area contributed by atoms with Gasteiger partial charge in [-0.2, -0.15) is 0 Å². The van der Waals surface area contributed by atoms with Crippen molar-refractivity contribution in [1.82, 2.24) is 0 Å². The van der Waals surface area contributed by atoms with Crippen LogP contribution < -0.4 is 9.47 Å². The van der Waals surface area contributed by atoms with Crippen molar-refractivity contribution in [3.05, 3.63) is 23.8 Å². The predicted molar refractivity (Wildman–Crippen MR) is 60.9 cm³/mol. The molecule has 1 unspecified atom stereocenters. The summed E-state index contributed by atoms with van der Waals surface area (Å²) in [4.78, 5) is 11.1. The van der Waals surface area contributed by atoms with Gasteiger partial charge >= 0.3 is 5.97 Å². The Morgan fingerprint density at radius 2 is 2.25 bits per heavy atom. The van der Waals surface area contributed by atoms with Crippen LogP contribution in [-0.4, -0.2) is 18.1 Å². The van der Waals surface area contributed by atoms with Crippen LogP contribution in [0.15, 0.2) is 18.2 Å². The van der Waals surface area contributed by atoms with Gasteiger partial charge in [-0.1, -0.05) is 22.0 Å². The summed E-state index contributed by atoms with van der Waals surface area (Å²) in [6.07, 6.45) is -0.292. The van der Waals surface area contributed by atoms with E-state index >= 15 is 0 Å². The third kappa shape index (κ3) is 2.29. The van der Waals surface area contributed by atoms with Gasteiger partial charge in [-0.05, 0) is 24.6 Å². The third-order valence-corrected chi connectivity index (χ3v) is 2.74. The van der Waals surface area contributed by atoms with Gasteiger partial charge in [0, 0.05) is 0 Å². The molecule has 0 saturated carbocycles. The molecule has 0 spiro atoms. The van der Waals surface area contributed by atoms with Gasteiger partial charge in [0.05, 0.1) is 0 Å². The third-order valence-electron chi connectivity index (χ3n) is 2.28. The number of esters is 1. The maximum atomic E-state index is 11.1. The van der Waals surface area contributed by atoms with E-state index in [0.717, 1.165) is 11.3 Å². The quantitative estimate of drug-likeness (QED) is 0.632. The zero-order valence-electron chi connectivity index (χ0n) is 8.73. The first kappa shape index (κ1) is 11.3. The summed E-state index contributed by atoms with van der Waals surface area (Å²) in [7, 11) is 0. The monoisotopic (exact) mass is 286 g/mol. The van der Waals surface area contributed by atoms with E-state index in [1.165, 1.54) is 0 Å². The normalized spacial score (nSPS) is 14.6. The molecule has 0 saturated heterocycles. The molecule has 0 radical (unpaired) electrons. The molecule has 1 atom stereocenters. The number of benzene rings is 1. The second kappa shape index (κ2) is 4.74. The molecule has 0 aliphatic carbocycles. The van der Waals surface area contributed by atoms with Crippen LogP contribution in [0.1, 0.15) is 18.6 Å². The van der Waals surface area contributed by atoms with E-state index in [2.05, 4.69) is 15.9 Å². The number of fused-ring (bicyclic) bond motifs is 1. The van der Waals surface area contributed by atoms with Crippen LogP contribution in [0, 0.1) is 0 Å². The summed E-state index contributed by atoms with van der Waals surface area (Å²) < 4.78 is 15.6. The van der Waals surface area contributed by atoms with Crippen molar-refractivity contribution >= 4 is 21.9 Å². The van der Waals surface area contributed by atoms with Crippen molar-refractivity contribution in [2.75, 3.05) is 12.1 Å². The van der Waals surface area contributed by atoms with Crippen molar-refractivity contribution in [1.29, 1.82) is 0 Å². The van der Waals surface area contributed by atoms with Crippen LogP contribution in [0.5, 0.6) is 11.5 Å². The zero-order valence-corrected chi connectivity index (χ0v) is 10.3. The number of carbonyl (C=O) groups excluding carboxylic acids is 1. The number of hydrogen-bond donors (Lipinski definition) is 0. The predicted octanol–water partition coefficient (Wildman–Crippen LogP) is 2.41. The van der Waals surface area contributed by atoms with Crippen LogP contribution in [0.2, 0.25) is 0 Å². The lowest BCUT2D eigenvalue weighted by molar-refractivity contribution is -0.145.